The van der Waals surface area contributed by atoms with Crippen molar-refractivity contribution in [3.63, 3.8) is 0 Å². The van der Waals surface area contributed by atoms with Crippen molar-refractivity contribution in [3.05, 3.63) is 0 Å². The van der Waals surface area contributed by atoms with Crippen LogP contribution in [0.2, 0.25) is 0 Å². The summed E-state index contributed by atoms with van der Waals surface area (Å²) in [5.74, 6) is 0. The third kappa shape index (κ3) is 48.1. The van der Waals surface area contributed by atoms with Crippen LogP contribution in [0.1, 0.15) is 142 Å². The first-order valence-corrected chi connectivity index (χ1v) is 16.0. The van der Waals surface area contributed by atoms with Crippen LogP contribution >= 0.6 is 0 Å². The van der Waals surface area contributed by atoms with Gasteiger partial charge in [-0.2, -0.15) is 0 Å². The zero-order valence-electron chi connectivity index (χ0n) is 23.6. The Morgan fingerprint density at radius 1 is 0.417 bits per heavy atom. The summed E-state index contributed by atoms with van der Waals surface area (Å²) >= 11 is 0. The van der Waals surface area contributed by atoms with Crippen LogP contribution in [0.25, 0.3) is 0 Å². The van der Waals surface area contributed by atoms with Crippen LogP contribution in [-0.4, -0.2) is 39.2 Å². The Labute approximate surface area is 247 Å². The van der Waals surface area contributed by atoms with Crippen LogP contribution in [0.4, 0.5) is 0 Å². The molecule has 0 radical (unpaired) electrons. The van der Waals surface area contributed by atoms with E-state index < -0.39 is 20.8 Å². The second-order valence-electron chi connectivity index (χ2n) is 8.82. The minimum Gasteiger partial charge on any atom is -0.726 e. The average Bonchev–Trinajstić information content (AvgIpc) is 2.75. The smallest absolute Gasteiger partial charge is 0.726 e. The summed E-state index contributed by atoms with van der Waals surface area (Å²) in [6.07, 6.45) is 23.4. The maximum absolute atomic E-state index is 10.1. The van der Waals surface area contributed by atoms with Crippen molar-refractivity contribution < 1.29 is 72.0 Å². The minimum atomic E-state index is -4.48. The third-order valence-corrected chi connectivity index (χ3v) is 6.36. The van der Waals surface area contributed by atoms with E-state index in [0.29, 0.717) is 12.8 Å². The van der Waals surface area contributed by atoms with E-state index in [-0.39, 0.29) is 50.9 Å². The molecule has 0 atom stereocenters. The summed E-state index contributed by atoms with van der Waals surface area (Å²) in [5.41, 5.74) is 0. The molecule has 208 valence electrons. The second-order valence-corrected chi connectivity index (χ2v) is 10.9. The fourth-order valence-corrected chi connectivity index (χ4v) is 4.14. The van der Waals surface area contributed by atoms with Gasteiger partial charge in [0.05, 0.1) is 13.2 Å². The largest absolute Gasteiger partial charge is 1.00 e. The van der Waals surface area contributed by atoms with E-state index in [9.17, 15) is 25.9 Å². The predicted molar refractivity (Wildman–Crippen MR) is 135 cm³/mol. The summed E-state index contributed by atoms with van der Waals surface area (Å²) in [7, 11) is -8.97. The molecule has 0 aliphatic rings. The first-order chi connectivity index (χ1) is 16.1. The molecule has 0 unspecified atom stereocenters. The van der Waals surface area contributed by atoms with Crippen molar-refractivity contribution in [1.29, 1.82) is 0 Å². The molecule has 0 aliphatic carbocycles. The Kier molecular flexibility index (Phi) is 39.3. The summed E-state index contributed by atoms with van der Waals surface area (Å²) in [6.45, 7) is 4.49. The fourth-order valence-electron chi connectivity index (χ4n) is 3.50. The van der Waals surface area contributed by atoms with Crippen molar-refractivity contribution >= 4 is 20.8 Å². The van der Waals surface area contributed by atoms with E-state index in [4.69, 9.17) is 0 Å². The molecule has 0 aliphatic heterocycles. The Balaban J connectivity index is -0.000000269. The van der Waals surface area contributed by atoms with Crippen LogP contribution in [-0.2, 0) is 29.2 Å². The number of rotatable bonds is 24. The third-order valence-electron chi connectivity index (χ3n) is 5.45. The van der Waals surface area contributed by atoms with E-state index in [0.717, 1.165) is 25.7 Å². The molecule has 0 spiro atoms. The van der Waals surface area contributed by atoms with E-state index >= 15 is 0 Å². The normalized spacial score (nSPS) is 11.2. The SMILES string of the molecule is CCCCCCCCCCCCOS(=O)(=O)[O-].CCCCCCCCCCCCOS(=O)(=O)[O-].[Li+].[Li+]. The first kappa shape index (κ1) is 44.0. The van der Waals surface area contributed by atoms with E-state index in [2.05, 4.69) is 22.2 Å². The Morgan fingerprint density at radius 2 is 0.611 bits per heavy atom. The van der Waals surface area contributed by atoms with Gasteiger partial charge in [0.25, 0.3) is 0 Å². The topological polar surface area (TPSA) is 133 Å². The summed E-state index contributed by atoms with van der Waals surface area (Å²) in [4.78, 5) is 0. The van der Waals surface area contributed by atoms with Crippen molar-refractivity contribution in [2.75, 3.05) is 13.2 Å². The van der Waals surface area contributed by atoms with Gasteiger partial charge in [0, 0.05) is 0 Å². The molecule has 0 bridgehead atoms. The maximum Gasteiger partial charge on any atom is 1.00 e. The van der Waals surface area contributed by atoms with Crippen molar-refractivity contribution in [1.82, 2.24) is 0 Å². The summed E-state index contributed by atoms with van der Waals surface area (Å²) < 4.78 is 68.9. The molecular formula is C24H50Li2O8S2. The zero-order chi connectivity index (χ0) is 26.0. The van der Waals surface area contributed by atoms with Crippen molar-refractivity contribution in [3.8, 4) is 0 Å². The Hall–Kier alpha value is 0.935. The van der Waals surface area contributed by atoms with E-state index in [1.165, 1.54) is 89.9 Å². The number of hydrogen-bond acceptors (Lipinski definition) is 8. The number of hydrogen-bond donors (Lipinski definition) is 0. The van der Waals surface area contributed by atoms with Gasteiger partial charge in [0.2, 0.25) is 20.8 Å². The molecule has 0 saturated carbocycles. The molecule has 0 aromatic carbocycles. The van der Waals surface area contributed by atoms with Gasteiger partial charge < -0.3 is 9.11 Å². The zero-order valence-corrected chi connectivity index (χ0v) is 25.3. The second kappa shape index (κ2) is 32.1. The van der Waals surface area contributed by atoms with Crippen LogP contribution in [0, 0.1) is 0 Å². The van der Waals surface area contributed by atoms with Gasteiger partial charge in [-0.05, 0) is 12.8 Å². The Bertz CT molecular complexity index is 564. The van der Waals surface area contributed by atoms with Gasteiger partial charge in [-0.15, -0.1) is 0 Å². The quantitative estimate of drug-likeness (QED) is 0.0753. The average molecular weight is 545 g/mol. The molecule has 12 heteroatoms. The van der Waals surface area contributed by atoms with Gasteiger partial charge in [-0.1, -0.05) is 129 Å². The minimum absolute atomic E-state index is 0. The standard InChI is InChI=1S/2C12H26O4S.2Li/c2*1-2-3-4-5-6-7-8-9-10-11-12-16-17(13,14)15;;/h2*2-12H2,1H3,(H,13,14,15);;/q;;2*+1/p-2. The maximum atomic E-state index is 10.1. The molecule has 0 saturated heterocycles. The molecule has 0 heterocycles. The van der Waals surface area contributed by atoms with Crippen LogP contribution < -0.4 is 37.7 Å². The Morgan fingerprint density at radius 3 is 0.806 bits per heavy atom. The molecule has 0 N–H and O–H groups in total. The molecule has 0 amide bonds. The molecule has 0 rings (SSSR count). The van der Waals surface area contributed by atoms with Gasteiger partial charge in [0.1, 0.15) is 0 Å². The van der Waals surface area contributed by atoms with Crippen LogP contribution in [0.5, 0.6) is 0 Å². The molecule has 0 aromatic heterocycles. The summed E-state index contributed by atoms with van der Waals surface area (Å²) in [5, 5.41) is 0. The number of unbranched alkanes of at least 4 members (excludes halogenated alkanes) is 18. The van der Waals surface area contributed by atoms with Crippen molar-refractivity contribution in [2.24, 2.45) is 0 Å². The van der Waals surface area contributed by atoms with Gasteiger partial charge >= 0.3 is 37.7 Å². The molecule has 8 nitrogen and oxygen atoms in total. The van der Waals surface area contributed by atoms with E-state index in [1.54, 1.807) is 0 Å². The van der Waals surface area contributed by atoms with E-state index in [1.807, 2.05) is 0 Å². The van der Waals surface area contributed by atoms with Crippen LogP contribution in [0.3, 0.4) is 0 Å². The van der Waals surface area contributed by atoms with Crippen molar-refractivity contribution in [2.45, 2.75) is 142 Å². The summed E-state index contributed by atoms with van der Waals surface area (Å²) in [6, 6.07) is 0. The van der Waals surface area contributed by atoms with Crippen LogP contribution in [0.15, 0.2) is 0 Å². The van der Waals surface area contributed by atoms with Gasteiger partial charge in [0.15, 0.2) is 0 Å². The molecule has 0 aromatic rings. The van der Waals surface area contributed by atoms with Gasteiger partial charge in [-0.3, -0.25) is 8.37 Å². The van der Waals surface area contributed by atoms with Gasteiger partial charge in [-0.25, -0.2) is 16.8 Å². The molecule has 36 heavy (non-hydrogen) atoms. The first-order valence-electron chi connectivity index (χ1n) is 13.3. The fraction of sp³-hybridized carbons (Fsp3) is 1.00. The monoisotopic (exact) mass is 544 g/mol. The molecular weight excluding hydrogens is 494 g/mol. The predicted octanol–water partition coefficient (Wildman–Crippen LogP) is 0.776. The molecule has 0 fully saturated rings.